The first-order chi connectivity index (χ1) is 46.0. The zero-order valence-electron chi connectivity index (χ0n) is 50.7. The Balaban J connectivity index is 0.887. The van der Waals surface area contributed by atoms with Crippen molar-refractivity contribution in [2.45, 2.75) is 97.7 Å². The maximum absolute atomic E-state index is 14.4. The molecule has 0 radical (unpaired) electrons. The van der Waals surface area contributed by atoms with Gasteiger partial charge in [-0.25, -0.2) is 9.97 Å². The molecule has 7 aromatic rings. The number of benzene rings is 4. The lowest BCUT2D eigenvalue weighted by Crippen LogP contribution is -2.66. The van der Waals surface area contributed by atoms with E-state index in [0.717, 1.165) is 61.3 Å². The highest BCUT2D eigenvalue weighted by Gasteiger charge is 2.50. The van der Waals surface area contributed by atoms with E-state index in [1.165, 1.54) is 0 Å². The van der Waals surface area contributed by atoms with Crippen LogP contribution in [0.5, 0.6) is 0 Å². The van der Waals surface area contributed by atoms with Crippen molar-refractivity contribution in [1.82, 2.24) is 30.6 Å². The average Bonchev–Trinajstić information content (AvgIpc) is 1.65. The van der Waals surface area contributed by atoms with Crippen molar-refractivity contribution in [2.75, 3.05) is 46.2 Å². The number of aromatic amines is 2. The Morgan fingerprint density at radius 2 is 0.716 bits per heavy atom. The molecule has 5 aliphatic heterocycles. The van der Waals surface area contributed by atoms with Crippen LogP contribution in [0.2, 0.25) is 0 Å². The molecule has 0 unspecified atom stereocenters. The Kier molecular flexibility index (Phi) is 20.3. The fraction of sp³-hybridized carbons (Fsp3) is 0.333. The Labute approximate surface area is 542 Å². The van der Waals surface area contributed by atoms with Crippen molar-refractivity contribution in [3.63, 3.8) is 0 Å². The molecule has 16 N–H and O–H groups in total. The second kappa shape index (κ2) is 29.0. The predicted molar refractivity (Wildman–Crippen MR) is 343 cm³/mol. The number of aliphatic hydroxyl groups is 12. The highest BCUT2D eigenvalue weighted by Crippen LogP contribution is 2.39. The van der Waals surface area contributed by atoms with Gasteiger partial charge < -0.3 is 110 Å². The van der Waals surface area contributed by atoms with E-state index in [1.807, 2.05) is 121 Å². The molecular weight excluding hydrogens is 1230 g/mol. The quantitative estimate of drug-likeness (QED) is 0.0512. The molecule has 4 aromatic carbocycles. The third-order valence-electron chi connectivity index (χ3n) is 17.3. The zero-order valence-corrected chi connectivity index (χ0v) is 50.7. The van der Waals surface area contributed by atoms with Gasteiger partial charge in [0.1, 0.15) is 78.8 Å². The van der Waals surface area contributed by atoms with Crippen LogP contribution in [0.4, 0.5) is 0 Å². The fourth-order valence-electron chi connectivity index (χ4n) is 12.2. The van der Waals surface area contributed by atoms with Crippen LogP contribution < -0.4 is 10.6 Å². The van der Waals surface area contributed by atoms with Gasteiger partial charge in [-0.2, -0.15) is 0 Å². The van der Waals surface area contributed by atoms with E-state index in [9.17, 15) is 70.9 Å². The minimum absolute atomic E-state index is 0.0968. The molecule has 3 fully saturated rings. The van der Waals surface area contributed by atoms with Crippen LogP contribution >= 0.6 is 0 Å². The number of nitrogens with zero attached hydrogens (tertiary/aromatic N) is 2. The number of fused-ring (bicyclic) bond motifs is 8. The van der Waals surface area contributed by atoms with Gasteiger partial charge in [-0.05, 0) is 83.0 Å². The molecule has 3 saturated heterocycles. The Morgan fingerprint density at radius 3 is 1.02 bits per heavy atom. The molecule has 26 nitrogen and oxygen atoms in total. The summed E-state index contributed by atoms with van der Waals surface area (Å²) in [5, 5.41) is 132. The van der Waals surface area contributed by atoms with Gasteiger partial charge in [-0.15, -0.1) is 0 Å². The highest BCUT2D eigenvalue weighted by atomic mass is 16.7. The Bertz CT molecular complexity index is 3940. The summed E-state index contributed by atoms with van der Waals surface area (Å²) < 4.78 is 34.5. The molecule has 95 heavy (non-hydrogen) atoms. The maximum Gasteiger partial charge on any atom is 0.251 e. The van der Waals surface area contributed by atoms with Crippen molar-refractivity contribution in [2.24, 2.45) is 0 Å². The molecule has 12 rings (SSSR count). The Hall–Kier alpha value is -8.30. The lowest BCUT2D eigenvalue weighted by atomic mass is 9.98. The van der Waals surface area contributed by atoms with Crippen molar-refractivity contribution < 1.29 is 99.3 Å². The number of aromatic nitrogens is 4. The normalized spacial score (nSPS) is 26.7. The number of rotatable bonds is 20. The number of hydrogen-bond acceptors (Lipinski definition) is 22. The predicted octanol–water partition coefficient (Wildman–Crippen LogP) is 1.36. The first-order valence-corrected chi connectivity index (χ1v) is 30.8. The largest absolute Gasteiger partial charge is 0.394 e. The molecular formula is C69H72N6O20. The molecule has 26 heteroatoms. The first-order valence-electron chi connectivity index (χ1n) is 30.8. The summed E-state index contributed by atoms with van der Waals surface area (Å²) in [5.41, 5.74) is 10.4. The molecule has 5 aliphatic rings. The number of aliphatic hydroxyl groups excluding tert-OH is 12. The van der Waals surface area contributed by atoms with Gasteiger partial charge in [0.25, 0.3) is 5.91 Å². The van der Waals surface area contributed by atoms with Crippen LogP contribution in [0, 0.1) is 0 Å². The van der Waals surface area contributed by atoms with Gasteiger partial charge >= 0.3 is 0 Å². The van der Waals surface area contributed by atoms with Crippen LogP contribution in [-0.4, -0.2) is 237 Å². The molecule has 8 bridgehead atoms. The van der Waals surface area contributed by atoms with E-state index in [-0.39, 0.29) is 5.56 Å². The summed E-state index contributed by atoms with van der Waals surface area (Å²) in [6, 6.07) is 44.6. The van der Waals surface area contributed by atoms with Gasteiger partial charge in [-0.3, -0.25) is 9.59 Å². The molecule has 498 valence electrons. The summed E-state index contributed by atoms with van der Waals surface area (Å²) in [5.74, 6) is -1.76. The third-order valence-corrected chi connectivity index (χ3v) is 17.3. The number of amides is 2. The smallest absolute Gasteiger partial charge is 0.251 e. The van der Waals surface area contributed by atoms with Crippen molar-refractivity contribution in [1.29, 1.82) is 0 Å². The van der Waals surface area contributed by atoms with E-state index in [0.29, 0.717) is 28.0 Å². The average molecular weight is 1310 g/mol. The molecule has 3 aromatic heterocycles. The first kappa shape index (κ1) is 66.7. The maximum atomic E-state index is 14.4. The molecule has 2 amide bonds. The summed E-state index contributed by atoms with van der Waals surface area (Å²) in [6.07, 6.45) is -19.4. The Morgan fingerprint density at radius 1 is 0.411 bits per heavy atom. The summed E-state index contributed by atoms with van der Waals surface area (Å²) in [7, 11) is 0. The van der Waals surface area contributed by atoms with Gasteiger partial charge in [-0.1, -0.05) is 103 Å². The van der Waals surface area contributed by atoms with E-state index in [4.69, 9.17) is 38.4 Å². The van der Waals surface area contributed by atoms with E-state index < -0.39 is 156 Å². The van der Waals surface area contributed by atoms with Crippen LogP contribution in [0.3, 0.4) is 0 Å². The number of hydrogen-bond donors (Lipinski definition) is 16. The van der Waals surface area contributed by atoms with Crippen molar-refractivity contribution in [3.8, 4) is 44.5 Å². The standard InChI is InChI=1S/C69H72N6O20/c76-29-48-56(80)59(83)62(86)66(93-48)90-32-69(33-91-67-63(87)60(84)57(81)49(30-77)94-67,34-92-68-64(88)61(85)58(82)50(31-78)95-68)75-51(79)28-70-65(89)39-18-16-38(17-19-39)55-46-26-24-44(73-46)53(36-12-6-2-7-13-36)42-22-20-40(71-42)52(35-10-4-1-5-11-35)41-21-23-43(72-41)54(37-14-8-3-9-15-37)45-25-27-47(55)74-45/h1-27,48-50,56-64,66-68,71,74,76-78,80-88H,28-34H2,(H,70,89)(H,75,79)/t48-,49-,50-,56+,57+,58+,59+,60+,61+,62-,63-,64-,66-,67-,68-/m1/s1. The zero-order chi connectivity index (χ0) is 66.7. The summed E-state index contributed by atoms with van der Waals surface area (Å²) >= 11 is 0. The summed E-state index contributed by atoms with van der Waals surface area (Å²) in [4.78, 5) is 46.8. The lowest BCUT2D eigenvalue weighted by molar-refractivity contribution is -0.324. The summed E-state index contributed by atoms with van der Waals surface area (Å²) in [6.45, 7) is -6.15. The number of carbonyl (C=O) groups is 2. The van der Waals surface area contributed by atoms with Gasteiger partial charge in [0.2, 0.25) is 5.91 Å². The number of nitrogens with one attached hydrogen (secondary N) is 4. The molecule has 0 spiro atoms. The SMILES string of the molecule is O=C(CNC(=O)c1ccc(-c2c3nc(c(-c4ccccc4)c4ccc([nH]4)c(-c4ccccc4)c4nc(c(-c5ccccc5)c5ccc2[nH]5)C=C4)C=C3)cc1)NC(CO[C@@H]1O[C@H](CO)[C@H](O)[C@H](O)[C@H]1O)(CO[C@@H]1O[C@H](CO)[C@H](O)[C@H](O)[C@H]1O)CO[C@@H]1O[C@H](CO)[C@H](O)[C@H](O)[C@H]1O. The molecule has 0 aliphatic carbocycles. The van der Waals surface area contributed by atoms with Crippen molar-refractivity contribution in [3.05, 3.63) is 168 Å². The van der Waals surface area contributed by atoms with Crippen molar-refractivity contribution >= 4 is 58.2 Å². The minimum atomic E-state index is -2.23. The van der Waals surface area contributed by atoms with Crippen LogP contribution in [0.1, 0.15) is 33.1 Å². The number of ether oxygens (including phenoxy) is 6. The van der Waals surface area contributed by atoms with E-state index in [1.54, 1.807) is 24.3 Å². The number of H-pyrrole nitrogens is 2. The monoisotopic (exact) mass is 1300 g/mol. The second-order valence-corrected chi connectivity index (χ2v) is 23.7. The third kappa shape index (κ3) is 13.9. The highest BCUT2D eigenvalue weighted by molar-refractivity contribution is 6.01. The second-order valence-electron chi connectivity index (χ2n) is 23.7. The van der Waals surface area contributed by atoms with Crippen LogP contribution in [0.15, 0.2) is 140 Å². The number of carbonyl (C=O) groups excluding carboxylic acids is 2. The lowest BCUT2D eigenvalue weighted by Gasteiger charge is -2.44. The van der Waals surface area contributed by atoms with Gasteiger partial charge in [0, 0.05) is 49.9 Å². The molecule has 8 heterocycles. The van der Waals surface area contributed by atoms with Crippen LogP contribution in [-0.2, 0) is 33.2 Å². The fourth-order valence-corrected chi connectivity index (χ4v) is 12.2. The molecule has 0 saturated carbocycles. The van der Waals surface area contributed by atoms with E-state index in [2.05, 4.69) is 38.8 Å². The topological polar surface area (TPSA) is 414 Å². The van der Waals surface area contributed by atoms with Crippen LogP contribution in [0.25, 0.3) is 90.9 Å². The van der Waals surface area contributed by atoms with E-state index >= 15 is 0 Å². The minimum Gasteiger partial charge on any atom is -0.394 e. The van der Waals surface area contributed by atoms with Gasteiger partial charge in [0.05, 0.1) is 69.0 Å². The molecule has 15 atom stereocenters. The van der Waals surface area contributed by atoms with Gasteiger partial charge in [0.15, 0.2) is 18.9 Å².